The van der Waals surface area contributed by atoms with Crippen molar-refractivity contribution in [1.29, 1.82) is 5.26 Å². The number of halogens is 1. The quantitative estimate of drug-likeness (QED) is 0.846. The molecule has 2 aromatic rings. The van der Waals surface area contributed by atoms with Crippen LogP contribution >= 0.6 is 0 Å². The molecule has 5 heteroatoms. The Morgan fingerprint density at radius 2 is 2.05 bits per heavy atom. The van der Waals surface area contributed by atoms with E-state index in [0.29, 0.717) is 23.4 Å². The Balaban J connectivity index is 2.58. The second-order valence-electron chi connectivity index (χ2n) is 4.02. The van der Waals surface area contributed by atoms with Gasteiger partial charge in [-0.1, -0.05) is 0 Å². The zero-order valence-corrected chi connectivity index (χ0v) is 10.4. The van der Waals surface area contributed by atoms with Gasteiger partial charge in [-0.2, -0.15) is 10.4 Å². The second kappa shape index (κ2) is 5.44. The standard InChI is InChI=1S/C14H12FN3O/c1-2-18-14(19)11(7-8-16)9-13(17-18)10-3-5-12(15)6-4-10/h3-6,9H,2,7H2,1H3. The predicted octanol–water partition coefficient (Wildman–Crippen LogP) is 2.14. The molecular weight excluding hydrogens is 245 g/mol. The van der Waals surface area contributed by atoms with Crippen LogP contribution in [0, 0.1) is 17.1 Å². The molecule has 0 atom stereocenters. The summed E-state index contributed by atoms with van der Waals surface area (Å²) in [5.41, 5.74) is 1.42. The molecule has 1 aromatic heterocycles. The third-order valence-corrected chi connectivity index (χ3v) is 2.76. The highest BCUT2D eigenvalue weighted by Gasteiger charge is 2.09. The van der Waals surface area contributed by atoms with E-state index >= 15 is 0 Å². The van der Waals surface area contributed by atoms with E-state index in [1.165, 1.54) is 16.8 Å². The van der Waals surface area contributed by atoms with Gasteiger partial charge in [0.1, 0.15) is 5.82 Å². The van der Waals surface area contributed by atoms with E-state index < -0.39 is 0 Å². The molecule has 0 saturated carbocycles. The lowest BCUT2D eigenvalue weighted by atomic mass is 10.1. The minimum absolute atomic E-state index is 0.0373. The van der Waals surface area contributed by atoms with Crippen molar-refractivity contribution in [2.24, 2.45) is 0 Å². The molecule has 0 fully saturated rings. The van der Waals surface area contributed by atoms with Crippen LogP contribution in [0.1, 0.15) is 12.5 Å². The summed E-state index contributed by atoms with van der Waals surface area (Å²) in [6.45, 7) is 2.23. The maximum Gasteiger partial charge on any atom is 0.271 e. The van der Waals surface area contributed by atoms with Crippen LogP contribution in [0.3, 0.4) is 0 Å². The van der Waals surface area contributed by atoms with Crippen LogP contribution in [0.15, 0.2) is 35.1 Å². The van der Waals surface area contributed by atoms with Gasteiger partial charge < -0.3 is 0 Å². The van der Waals surface area contributed by atoms with Gasteiger partial charge >= 0.3 is 0 Å². The highest BCUT2D eigenvalue weighted by molar-refractivity contribution is 5.59. The van der Waals surface area contributed by atoms with Crippen LogP contribution in [-0.4, -0.2) is 9.78 Å². The summed E-state index contributed by atoms with van der Waals surface area (Å²) >= 11 is 0. The Hall–Kier alpha value is -2.48. The van der Waals surface area contributed by atoms with Gasteiger partial charge in [0.2, 0.25) is 0 Å². The summed E-state index contributed by atoms with van der Waals surface area (Å²) < 4.78 is 14.2. The molecular formula is C14H12FN3O. The van der Waals surface area contributed by atoms with Gasteiger partial charge in [0, 0.05) is 17.7 Å². The molecule has 96 valence electrons. The Morgan fingerprint density at radius 1 is 1.37 bits per heavy atom. The van der Waals surface area contributed by atoms with E-state index in [2.05, 4.69) is 5.10 Å². The molecule has 1 heterocycles. The summed E-state index contributed by atoms with van der Waals surface area (Å²) in [4.78, 5) is 11.9. The maximum atomic E-state index is 12.9. The molecule has 0 aliphatic carbocycles. The first-order valence-corrected chi connectivity index (χ1v) is 5.89. The summed E-state index contributed by atoms with van der Waals surface area (Å²) in [5.74, 6) is -0.329. The zero-order chi connectivity index (χ0) is 13.8. The lowest BCUT2D eigenvalue weighted by molar-refractivity contribution is 0.612. The summed E-state index contributed by atoms with van der Waals surface area (Å²) in [5, 5.41) is 12.9. The summed E-state index contributed by atoms with van der Waals surface area (Å²) in [6.07, 6.45) is 0.0373. The first-order valence-electron chi connectivity index (χ1n) is 5.89. The molecule has 4 nitrogen and oxygen atoms in total. The SMILES string of the molecule is CCn1nc(-c2ccc(F)cc2)cc(CC#N)c1=O. The van der Waals surface area contributed by atoms with E-state index in [0.717, 1.165) is 0 Å². The van der Waals surface area contributed by atoms with Crippen LogP contribution < -0.4 is 5.56 Å². The fraction of sp³-hybridized carbons (Fsp3) is 0.214. The Kier molecular flexibility index (Phi) is 3.71. The first-order chi connectivity index (χ1) is 9.15. The number of aromatic nitrogens is 2. The van der Waals surface area contributed by atoms with Gasteiger partial charge in [0.05, 0.1) is 18.2 Å². The van der Waals surface area contributed by atoms with E-state index in [4.69, 9.17) is 5.26 Å². The van der Waals surface area contributed by atoms with E-state index in [1.54, 1.807) is 25.1 Å². The highest BCUT2D eigenvalue weighted by atomic mass is 19.1. The van der Waals surface area contributed by atoms with Crippen molar-refractivity contribution >= 4 is 0 Å². The minimum atomic E-state index is -0.329. The molecule has 1 aromatic carbocycles. The molecule has 0 bridgehead atoms. The van der Waals surface area contributed by atoms with Gasteiger partial charge in [-0.05, 0) is 37.3 Å². The molecule has 2 rings (SSSR count). The number of nitrogens with zero attached hydrogens (tertiary/aromatic N) is 3. The lowest BCUT2D eigenvalue weighted by Gasteiger charge is -2.07. The van der Waals surface area contributed by atoms with Crippen molar-refractivity contribution in [2.75, 3.05) is 0 Å². The number of aryl methyl sites for hydroxylation is 1. The van der Waals surface area contributed by atoms with Crippen molar-refractivity contribution in [3.05, 3.63) is 52.1 Å². The summed E-state index contributed by atoms with van der Waals surface area (Å²) in [6, 6.07) is 9.41. The van der Waals surface area contributed by atoms with E-state index in [-0.39, 0.29) is 17.8 Å². The van der Waals surface area contributed by atoms with Crippen molar-refractivity contribution in [3.63, 3.8) is 0 Å². The van der Waals surface area contributed by atoms with E-state index in [9.17, 15) is 9.18 Å². The van der Waals surface area contributed by atoms with Crippen LogP contribution in [-0.2, 0) is 13.0 Å². The average molecular weight is 257 g/mol. The molecule has 0 amide bonds. The van der Waals surface area contributed by atoms with Crippen LogP contribution in [0.4, 0.5) is 4.39 Å². The van der Waals surface area contributed by atoms with Crippen molar-refractivity contribution < 1.29 is 4.39 Å². The Bertz CT molecular complexity index is 683. The molecule has 19 heavy (non-hydrogen) atoms. The van der Waals surface area contributed by atoms with Gasteiger partial charge in [-0.15, -0.1) is 0 Å². The molecule has 0 saturated heterocycles. The third-order valence-electron chi connectivity index (χ3n) is 2.76. The number of hydrogen-bond donors (Lipinski definition) is 0. The van der Waals surface area contributed by atoms with Crippen LogP contribution in [0.25, 0.3) is 11.3 Å². The number of hydrogen-bond acceptors (Lipinski definition) is 3. The van der Waals surface area contributed by atoms with Gasteiger partial charge in [-0.3, -0.25) is 4.79 Å². The van der Waals surface area contributed by atoms with Crippen LogP contribution in [0.5, 0.6) is 0 Å². The smallest absolute Gasteiger partial charge is 0.267 e. The molecule has 0 N–H and O–H groups in total. The van der Waals surface area contributed by atoms with Crippen molar-refractivity contribution in [3.8, 4) is 17.3 Å². The van der Waals surface area contributed by atoms with Gasteiger partial charge in [-0.25, -0.2) is 9.07 Å². The Morgan fingerprint density at radius 3 is 2.63 bits per heavy atom. The number of benzene rings is 1. The fourth-order valence-electron chi connectivity index (χ4n) is 1.78. The largest absolute Gasteiger partial charge is 0.271 e. The monoisotopic (exact) mass is 257 g/mol. The third kappa shape index (κ3) is 2.68. The predicted molar refractivity (Wildman–Crippen MR) is 68.9 cm³/mol. The average Bonchev–Trinajstić information content (AvgIpc) is 2.42. The molecule has 0 aliphatic rings. The minimum Gasteiger partial charge on any atom is -0.267 e. The van der Waals surface area contributed by atoms with Crippen molar-refractivity contribution in [1.82, 2.24) is 9.78 Å². The maximum absolute atomic E-state index is 12.9. The van der Waals surface area contributed by atoms with Crippen LogP contribution in [0.2, 0.25) is 0 Å². The molecule has 0 aliphatic heterocycles. The normalized spacial score (nSPS) is 10.2. The number of nitriles is 1. The van der Waals surface area contributed by atoms with Gasteiger partial charge in [0.15, 0.2) is 0 Å². The number of rotatable bonds is 3. The first kappa shape index (κ1) is 13.0. The van der Waals surface area contributed by atoms with E-state index in [1.807, 2.05) is 6.07 Å². The van der Waals surface area contributed by atoms with Crippen molar-refractivity contribution in [2.45, 2.75) is 19.9 Å². The molecule has 0 spiro atoms. The van der Waals surface area contributed by atoms with Gasteiger partial charge in [0.25, 0.3) is 5.56 Å². The second-order valence-corrected chi connectivity index (χ2v) is 4.02. The summed E-state index contributed by atoms with van der Waals surface area (Å²) in [7, 11) is 0. The molecule has 0 radical (unpaired) electrons. The zero-order valence-electron chi connectivity index (χ0n) is 10.4. The Labute approximate surface area is 109 Å². The molecule has 0 unspecified atom stereocenters. The lowest BCUT2D eigenvalue weighted by Crippen LogP contribution is -2.25. The fourth-order valence-corrected chi connectivity index (χ4v) is 1.78. The highest BCUT2D eigenvalue weighted by Crippen LogP contribution is 2.17. The topological polar surface area (TPSA) is 58.7 Å².